The van der Waals surface area contributed by atoms with E-state index in [2.05, 4.69) is 25.5 Å². The number of benzene rings is 1. The van der Waals surface area contributed by atoms with Crippen LogP contribution in [0.25, 0.3) is 10.6 Å². The summed E-state index contributed by atoms with van der Waals surface area (Å²) in [5.74, 6) is 0.832. The van der Waals surface area contributed by atoms with Crippen molar-refractivity contribution < 1.29 is 4.79 Å². The number of nitrogens with zero attached hydrogens (tertiary/aromatic N) is 3. The summed E-state index contributed by atoms with van der Waals surface area (Å²) >= 11 is 1.56. The molecule has 2 N–H and O–H groups in total. The highest BCUT2D eigenvalue weighted by molar-refractivity contribution is 7.13. The Labute approximate surface area is 138 Å². The molecule has 0 bridgehead atoms. The van der Waals surface area contributed by atoms with Crippen LogP contribution in [0.2, 0.25) is 0 Å². The number of aromatic nitrogens is 4. The summed E-state index contributed by atoms with van der Waals surface area (Å²) in [6.07, 6.45) is 3.40. The van der Waals surface area contributed by atoms with Crippen molar-refractivity contribution in [2.75, 3.05) is 6.54 Å². The predicted molar refractivity (Wildman–Crippen MR) is 89.0 cm³/mol. The molecule has 0 saturated heterocycles. The van der Waals surface area contributed by atoms with Gasteiger partial charge in [-0.3, -0.25) is 9.89 Å². The Bertz CT molecular complexity index is 739. The highest BCUT2D eigenvalue weighted by Crippen LogP contribution is 2.23. The minimum absolute atomic E-state index is 0.00696. The Balaban J connectivity index is 1.44. The van der Waals surface area contributed by atoms with Crippen LogP contribution in [0.15, 0.2) is 42.0 Å². The average Bonchev–Trinajstić information content (AvgIpc) is 3.24. The van der Waals surface area contributed by atoms with Gasteiger partial charge in [-0.15, -0.1) is 11.3 Å². The van der Waals surface area contributed by atoms with Crippen molar-refractivity contribution in [2.45, 2.75) is 19.3 Å². The fourth-order valence-electron chi connectivity index (χ4n) is 2.16. The molecule has 3 aromatic rings. The zero-order valence-electron chi connectivity index (χ0n) is 12.5. The first-order valence-electron chi connectivity index (χ1n) is 7.42. The van der Waals surface area contributed by atoms with Gasteiger partial charge in [0.15, 0.2) is 0 Å². The summed E-state index contributed by atoms with van der Waals surface area (Å²) in [5.41, 5.74) is 1.89. The van der Waals surface area contributed by atoms with Crippen LogP contribution in [-0.2, 0) is 17.6 Å². The second kappa shape index (κ2) is 7.64. The summed E-state index contributed by atoms with van der Waals surface area (Å²) in [6, 6.07) is 9.98. The van der Waals surface area contributed by atoms with E-state index >= 15 is 0 Å². The Morgan fingerprint density at radius 3 is 2.91 bits per heavy atom. The van der Waals surface area contributed by atoms with Gasteiger partial charge in [-0.2, -0.15) is 5.10 Å². The summed E-state index contributed by atoms with van der Waals surface area (Å²) < 4.78 is 0. The molecule has 0 aliphatic carbocycles. The molecule has 3 rings (SSSR count). The largest absolute Gasteiger partial charge is 0.356 e. The van der Waals surface area contributed by atoms with Crippen molar-refractivity contribution in [2.24, 2.45) is 0 Å². The summed E-state index contributed by atoms with van der Waals surface area (Å²) in [7, 11) is 0. The van der Waals surface area contributed by atoms with Crippen LogP contribution in [0.1, 0.15) is 17.9 Å². The zero-order chi connectivity index (χ0) is 15.9. The van der Waals surface area contributed by atoms with Crippen LogP contribution >= 0.6 is 11.3 Å². The van der Waals surface area contributed by atoms with Crippen molar-refractivity contribution >= 4 is 17.2 Å². The van der Waals surface area contributed by atoms with E-state index in [4.69, 9.17) is 0 Å². The SMILES string of the molecule is O=C(Cc1csc(-c2ccccc2)n1)NCCCc1ncn[nH]1. The van der Waals surface area contributed by atoms with Gasteiger partial charge in [0.1, 0.15) is 17.2 Å². The van der Waals surface area contributed by atoms with Gasteiger partial charge < -0.3 is 5.32 Å². The lowest BCUT2D eigenvalue weighted by atomic mass is 10.2. The number of H-pyrrole nitrogens is 1. The van der Waals surface area contributed by atoms with E-state index in [0.717, 1.165) is 34.9 Å². The predicted octanol–water partition coefficient (Wildman–Crippen LogP) is 2.22. The topological polar surface area (TPSA) is 83.6 Å². The number of hydrogen-bond donors (Lipinski definition) is 2. The number of nitrogens with one attached hydrogen (secondary N) is 2. The van der Waals surface area contributed by atoms with Gasteiger partial charge in [0, 0.05) is 23.9 Å². The average molecular weight is 327 g/mol. The van der Waals surface area contributed by atoms with Gasteiger partial charge in [0.05, 0.1) is 12.1 Å². The molecule has 23 heavy (non-hydrogen) atoms. The molecule has 0 radical (unpaired) electrons. The van der Waals surface area contributed by atoms with Crippen LogP contribution in [0, 0.1) is 0 Å². The molecule has 0 spiro atoms. The maximum absolute atomic E-state index is 11.9. The van der Waals surface area contributed by atoms with Gasteiger partial charge in [0.25, 0.3) is 0 Å². The van der Waals surface area contributed by atoms with Crippen molar-refractivity contribution in [3.8, 4) is 10.6 Å². The first kappa shape index (κ1) is 15.4. The van der Waals surface area contributed by atoms with E-state index in [1.165, 1.54) is 6.33 Å². The molecular formula is C16H17N5OS. The van der Waals surface area contributed by atoms with Crippen molar-refractivity contribution in [3.05, 3.63) is 53.6 Å². The molecule has 118 valence electrons. The third-order valence-electron chi connectivity index (χ3n) is 3.29. The number of carbonyl (C=O) groups is 1. The first-order valence-corrected chi connectivity index (χ1v) is 8.30. The summed E-state index contributed by atoms with van der Waals surface area (Å²) in [6.45, 7) is 0.620. The van der Waals surface area contributed by atoms with E-state index in [-0.39, 0.29) is 5.91 Å². The molecule has 1 aromatic carbocycles. The number of rotatable bonds is 7. The maximum atomic E-state index is 11.9. The smallest absolute Gasteiger partial charge is 0.226 e. The van der Waals surface area contributed by atoms with Crippen LogP contribution in [0.4, 0.5) is 0 Å². The zero-order valence-corrected chi connectivity index (χ0v) is 13.3. The number of aryl methyl sites for hydroxylation is 1. The van der Waals surface area contributed by atoms with E-state index in [1.807, 2.05) is 35.7 Å². The Morgan fingerprint density at radius 1 is 1.26 bits per heavy atom. The molecule has 1 amide bonds. The standard InChI is InChI=1S/C16H17N5OS/c22-15(17-8-4-7-14-18-11-19-21-14)9-13-10-23-16(20-13)12-5-2-1-3-6-12/h1-3,5-6,10-11H,4,7-9H2,(H,17,22)(H,18,19,21). The van der Waals surface area contributed by atoms with Crippen molar-refractivity contribution in [1.82, 2.24) is 25.5 Å². The van der Waals surface area contributed by atoms with Crippen molar-refractivity contribution in [3.63, 3.8) is 0 Å². The van der Waals surface area contributed by atoms with Gasteiger partial charge in [0.2, 0.25) is 5.91 Å². The monoisotopic (exact) mass is 327 g/mol. The van der Waals surface area contributed by atoms with Crippen molar-refractivity contribution in [1.29, 1.82) is 0 Å². The van der Waals surface area contributed by atoms with Crippen LogP contribution < -0.4 is 5.32 Å². The number of hydrogen-bond acceptors (Lipinski definition) is 5. The number of aromatic amines is 1. The highest BCUT2D eigenvalue weighted by atomic mass is 32.1. The molecule has 7 heteroatoms. The Kier molecular flexibility index (Phi) is 5.10. The Hall–Kier alpha value is -2.54. The van der Waals surface area contributed by atoms with Crippen LogP contribution in [0.3, 0.4) is 0 Å². The molecule has 0 atom stereocenters. The van der Waals surface area contributed by atoms with E-state index in [9.17, 15) is 4.79 Å². The lowest BCUT2D eigenvalue weighted by Crippen LogP contribution is -2.26. The van der Waals surface area contributed by atoms with Gasteiger partial charge >= 0.3 is 0 Å². The molecule has 0 saturated carbocycles. The highest BCUT2D eigenvalue weighted by Gasteiger charge is 2.08. The second-order valence-electron chi connectivity index (χ2n) is 5.07. The molecule has 0 aliphatic rings. The van der Waals surface area contributed by atoms with Crippen LogP contribution in [0.5, 0.6) is 0 Å². The Morgan fingerprint density at radius 2 is 2.13 bits per heavy atom. The second-order valence-corrected chi connectivity index (χ2v) is 5.93. The number of carbonyl (C=O) groups excluding carboxylic acids is 1. The van der Waals surface area contributed by atoms with Gasteiger partial charge in [-0.25, -0.2) is 9.97 Å². The minimum Gasteiger partial charge on any atom is -0.356 e. The van der Waals surface area contributed by atoms with Gasteiger partial charge in [-0.1, -0.05) is 30.3 Å². The molecule has 6 nitrogen and oxygen atoms in total. The summed E-state index contributed by atoms with van der Waals surface area (Å²) in [5, 5.41) is 12.4. The number of thiazole rings is 1. The normalized spacial score (nSPS) is 10.6. The van der Waals surface area contributed by atoms with E-state index < -0.39 is 0 Å². The lowest BCUT2D eigenvalue weighted by molar-refractivity contribution is -0.120. The molecule has 0 unspecified atom stereocenters. The molecular weight excluding hydrogens is 310 g/mol. The fraction of sp³-hybridized carbons (Fsp3) is 0.250. The van der Waals surface area contributed by atoms with Crippen LogP contribution in [-0.4, -0.2) is 32.6 Å². The third-order valence-corrected chi connectivity index (χ3v) is 4.23. The van der Waals surface area contributed by atoms with E-state index in [0.29, 0.717) is 13.0 Å². The maximum Gasteiger partial charge on any atom is 0.226 e. The third kappa shape index (κ3) is 4.46. The first-order chi connectivity index (χ1) is 11.3. The lowest BCUT2D eigenvalue weighted by Gasteiger charge is -2.02. The molecule has 2 aromatic heterocycles. The molecule has 2 heterocycles. The van der Waals surface area contributed by atoms with E-state index in [1.54, 1.807) is 11.3 Å². The molecule has 0 aliphatic heterocycles. The number of amides is 1. The fourth-order valence-corrected chi connectivity index (χ4v) is 2.99. The minimum atomic E-state index is -0.00696. The quantitative estimate of drug-likeness (QED) is 0.652. The van der Waals surface area contributed by atoms with Gasteiger partial charge in [-0.05, 0) is 6.42 Å². The molecule has 0 fully saturated rings. The summed E-state index contributed by atoms with van der Waals surface area (Å²) in [4.78, 5) is 20.5.